The number of hydrogen-bond acceptors (Lipinski definition) is 6. The first-order valence-corrected chi connectivity index (χ1v) is 7.92. The molecule has 22 heavy (non-hydrogen) atoms. The van der Waals surface area contributed by atoms with E-state index in [0.29, 0.717) is 25.0 Å². The van der Waals surface area contributed by atoms with Gasteiger partial charge in [-0.2, -0.15) is 0 Å². The molecule has 1 aliphatic heterocycles. The number of ether oxygens (including phenoxy) is 2. The van der Waals surface area contributed by atoms with Gasteiger partial charge in [-0.05, 0) is 48.1 Å². The smallest absolute Gasteiger partial charge is 0.257 e. The van der Waals surface area contributed by atoms with Crippen LogP contribution >= 0.6 is 11.3 Å². The third-order valence-corrected chi connectivity index (χ3v) is 4.51. The fourth-order valence-electron chi connectivity index (χ4n) is 2.35. The lowest BCUT2D eigenvalue weighted by Crippen LogP contribution is -1.93. The summed E-state index contributed by atoms with van der Waals surface area (Å²) in [7, 11) is 0. The molecule has 3 aromatic rings. The van der Waals surface area contributed by atoms with E-state index >= 15 is 0 Å². The fourth-order valence-corrected chi connectivity index (χ4v) is 3.16. The molecule has 0 atom stereocenters. The van der Waals surface area contributed by atoms with E-state index in [9.17, 15) is 0 Å². The van der Waals surface area contributed by atoms with Crippen molar-refractivity contribution in [2.45, 2.75) is 19.8 Å². The summed E-state index contributed by atoms with van der Waals surface area (Å²) in [6.07, 6.45) is 1.53. The van der Waals surface area contributed by atoms with E-state index in [1.807, 2.05) is 18.2 Å². The Morgan fingerprint density at radius 2 is 2.00 bits per heavy atom. The van der Waals surface area contributed by atoms with Crippen molar-refractivity contribution in [1.82, 2.24) is 10.2 Å². The molecule has 2 aromatic heterocycles. The van der Waals surface area contributed by atoms with E-state index in [1.54, 1.807) is 11.3 Å². The van der Waals surface area contributed by atoms with Gasteiger partial charge < -0.3 is 13.9 Å². The molecule has 0 fully saturated rings. The predicted octanol–water partition coefficient (Wildman–Crippen LogP) is 3.62. The second-order valence-corrected chi connectivity index (χ2v) is 6.09. The number of nitrogens with zero attached hydrogens (tertiary/aromatic N) is 2. The average molecular weight is 314 g/mol. The molecule has 0 amide bonds. The molecule has 1 aromatic carbocycles. The Labute approximate surface area is 131 Å². The van der Waals surface area contributed by atoms with Gasteiger partial charge in [-0.1, -0.05) is 6.07 Å². The highest BCUT2D eigenvalue weighted by molar-refractivity contribution is 7.13. The van der Waals surface area contributed by atoms with Crippen molar-refractivity contribution in [3.8, 4) is 22.3 Å². The molecule has 5 nitrogen and oxygen atoms in total. The first-order valence-electron chi connectivity index (χ1n) is 7.04. The molecule has 0 spiro atoms. The van der Waals surface area contributed by atoms with Crippen LogP contribution in [-0.2, 0) is 12.8 Å². The maximum Gasteiger partial charge on any atom is 0.257 e. The first-order chi connectivity index (χ1) is 10.8. The fraction of sp³-hybridized carbons (Fsp3) is 0.250. The summed E-state index contributed by atoms with van der Waals surface area (Å²) in [4.78, 5) is 1.01. The molecule has 3 heterocycles. The van der Waals surface area contributed by atoms with Crippen molar-refractivity contribution in [3.05, 3.63) is 46.7 Å². The van der Waals surface area contributed by atoms with Gasteiger partial charge in [-0.3, -0.25) is 0 Å². The Morgan fingerprint density at radius 1 is 1.09 bits per heavy atom. The van der Waals surface area contributed by atoms with Crippen LogP contribution in [-0.4, -0.2) is 17.0 Å². The normalized spacial score (nSPS) is 12.8. The molecule has 6 heteroatoms. The third-order valence-electron chi connectivity index (χ3n) is 3.47. The summed E-state index contributed by atoms with van der Waals surface area (Å²) >= 11 is 1.62. The molecule has 0 saturated carbocycles. The zero-order chi connectivity index (χ0) is 14.9. The third kappa shape index (κ3) is 2.57. The zero-order valence-electron chi connectivity index (χ0n) is 12.0. The van der Waals surface area contributed by atoms with Crippen molar-refractivity contribution in [3.63, 3.8) is 0 Å². The highest BCUT2D eigenvalue weighted by atomic mass is 32.1. The van der Waals surface area contributed by atoms with Crippen molar-refractivity contribution >= 4 is 11.3 Å². The van der Waals surface area contributed by atoms with Gasteiger partial charge in [0.15, 0.2) is 11.5 Å². The molecule has 0 aliphatic carbocycles. The Balaban J connectivity index is 1.45. The minimum absolute atomic E-state index is 0.298. The lowest BCUT2D eigenvalue weighted by molar-refractivity contribution is 0.174. The largest absolute Gasteiger partial charge is 0.454 e. The van der Waals surface area contributed by atoms with Gasteiger partial charge >= 0.3 is 0 Å². The summed E-state index contributed by atoms with van der Waals surface area (Å²) in [6.45, 7) is 2.35. The number of aromatic nitrogens is 2. The van der Waals surface area contributed by atoms with Crippen molar-refractivity contribution in [2.24, 2.45) is 0 Å². The maximum atomic E-state index is 5.73. The van der Waals surface area contributed by atoms with Gasteiger partial charge in [0, 0.05) is 6.42 Å². The van der Waals surface area contributed by atoms with Gasteiger partial charge in [-0.15, -0.1) is 21.5 Å². The van der Waals surface area contributed by atoms with Gasteiger partial charge in [0.25, 0.3) is 5.89 Å². The Bertz CT molecular complexity index is 809. The summed E-state index contributed by atoms with van der Waals surface area (Å²) in [5, 5.41) is 10.3. The van der Waals surface area contributed by atoms with E-state index in [0.717, 1.165) is 28.4 Å². The Kier molecular flexibility index (Phi) is 3.31. The number of hydrogen-bond donors (Lipinski definition) is 0. The first kappa shape index (κ1) is 13.3. The molecule has 0 radical (unpaired) electrons. The van der Waals surface area contributed by atoms with Gasteiger partial charge in [0.2, 0.25) is 12.7 Å². The van der Waals surface area contributed by atoms with Crippen molar-refractivity contribution < 1.29 is 13.9 Å². The van der Waals surface area contributed by atoms with Crippen LogP contribution in [0.15, 0.2) is 34.1 Å². The minimum atomic E-state index is 0.298. The lowest BCUT2D eigenvalue weighted by Gasteiger charge is -2.00. The second kappa shape index (κ2) is 5.46. The molecular weight excluding hydrogens is 300 g/mol. The SMILES string of the molecule is Cc1csc(-c2nnc(CCc3ccc4c(c3)OCO4)o2)c1. The Morgan fingerprint density at radius 3 is 2.86 bits per heavy atom. The number of aryl methyl sites for hydroxylation is 3. The maximum absolute atomic E-state index is 5.73. The van der Waals surface area contributed by atoms with Crippen molar-refractivity contribution in [2.75, 3.05) is 6.79 Å². The molecule has 0 bridgehead atoms. The number of benzene rings is 1. The van der Waals surface area contributed by atoms with Gasteiger partial charge in [0.05, 0.1) is 4.88 Å². The molecule has 0 saturated heterocycles. The molecule has 4 rings (SSSR count). The van der Waals surface area contributed by atoms with Crippen LogP contribution in [0.2, 0.25) is 0 Å². The highest BCUT2D eigenvalue weighted by Crippen LogP contribution is 2.33. The zero-order valence-corrected chi connectivity index (χ0v) is 12.9. The molecular formula is C16H14N2O3S. The van der Waals surface area contributed by atoms with Crippen LogP contribution in [0.4, 0.5) is 0 Å². The van der Waals surface area contributed by atoms with Crippen LogP contribution in [0.5, 0.6) is 11.5 Å². The van der Waals surface area contributed by atoms with Crippen LogP contribution < -0.4 is 9.47 Å². The van der Waals surface area contributed by atoms with Crippen LogP contribution in [0.25, 0.3) is 10.8 Å². The average Bonchev–Trinajstić information content (AvgIpc) is 3.24. The van der Waals surface area contributed by atoms with Crippen molar-refractivity contribution in [1.29, 1.82) is 0 Å². The van der Waals surface area contributed by atoms with Crippen LogP contribution in [0.3, 0.4) is 0 Å². The van der Waals surface area contributed by atoms with Crippen LogP contribution in [0, 0.1) is 6.92 Å². The summed E-state index contributed by atoms with van der Waals surface area (Å²) in [5.74, 6) is 2.85. The van der Waals surface area contributed by atoms with E-state index in [1.165, 1.54) is 5.56 Å². The monoisotopic (exact) mass is 314 g/mol. The lowest BCUT2D eigenvalue weighted by atomic mass is 10.1. The molecule has 112 valence electrons. The summed E-state index contributed by atoms with van der Waals surface area (Å²) in [5.41, 5.74) is 2.37. The number of thiophene rings is 1. The summed E-state index contributed by atoms with van der Waals surface area (Å²) in [6, 6.07) is 8.03. The quantitative estimate of drug-likeness (QED) is 0.736. The van der Waals surface area contributed by atoms with Gasteiger partial charge in [-0.25, -0.2) is 0 Å². The summed E-state index contributed by atoms with van der Waals surface area (Å²) < 4.78 is 16.4. The number of fused-ring (bicyclic) bond motifs is 1. The second-order valence-electron chi connectivity index (χ2n) is 5.18. The van der Waals surface area contributed by atoms with E-state index in [4.69, 9.17) is 13.9 Å². The van der Waals surface area contributed by atoms with E-state index < -0.39 is 0 Å². The molecule has 0 N–H and O–H groups in total. The van der Waals surface area contributed by atoms with Gasteiger partial charge in [0.1, 0.15) is 0 Å². The Hall–Kier alpha value is -2.34. The molecule has 1 aliphatic rings. The number of rotatable bonds is 4. The predicted molar refractivity (Wildman–Crippen MR) is 82.3 cm³/mol. The standard InChI is InChI=1S/C16H14N2O3S/c1-10-6-14(22-8-10)16-18-17-15(21-16)5-3-11-2-4-12-13(7-11)20-9-19-12/h2,4,6-8H,3,5,9H2,1H3. The minimum Gasteiger partial charge on any atom is -0.454 e. The van der Waals surface area contributed by atoms with E-state index in [2.05, 4.69) is 28.6 Å². The molecule has 0 unspecified atom stereocenters. The van der Waals surface area contributed by atoms with E-state index in [-0.39, 0.29) is 0 Å². The van der Waals surface area contributed by atoms with Crippen LogP contribution in [0.1, 0.15) is 17.0 Å². The highest BCUT2D eigenvalue weighted by Gasteiger charge is 2.14. The topological polar surface area (TPSA) is 57.4 Å².